The van der Waals surface area contributed by atoms with Crippen LogP contribution in [0.5, 0.6) is 11.5 Å². The number of nitrogens with one attached hydrogen (secondary N) is 1. The summed E-state index contributed by atoms with van der Waals surface area (Å²) in [7, 11) is -3.86. The molecule has 44 heavy (non-hydrogen) atoms. The Morgan fingerprint density at radius 3 is 2.43 bits per heavy atom. The SMILES string of the molecule is Cc1ccc(S(=O)(=O)OCCCOc2cc3ncnc(Nc4ccc(F)c(Cl)c4)c3cc2OCCCN2CCOCC2)cc1. The van der Waals surface area contributed by atoms with E-state index in [0.717, 1.165) is 44.8 Å². The fourth-order valence-electron chi connectivity index (χ4n) is 4.58. The Labute approximate surface area is 261 Å². The summed E-state index contributed by atoms with van der Waals surface area (Å²) in [6.07, 6.45) is 2.53. The van der Waals surface area contributed by atoms with Crippen molar-refractivity contribution in [1.29, 1.82) is 0 Å². The molecule has 1 aliphatic rings. The van der Waals surface area contributed by atoms with Gasteiger partial charge in [-0.05, 0) is 49.7 Å². The molecule has 5 rings (SSSR count). The van der Waals surface area contributed by atoms with Crippen molar-refractivity contribution in [3.05, 3.63) is 77.3 Å². The molecule has 0 unspecified atom stereocenters. The minimum atomic E-state index is -3.86. The third-order valence-corrected chi connectivity index (χ3v) is 8.57. The molecule has 0 saturated carbocycles. The highest BCUT2D eigenvalue weighted by Crippen LogP contribution is 2.35. The Kier molecular flexibility index (Phi) is 10.8. The molecule has 13 heteroatoms. The van der Waals surface area contributed by atoms with E-state index in [-0.39, 0.29) is 23.1 Å². The lowest BCUT2D eigenvalue weighted by molar-refractivity contribution is 0.0357. The van der Waals surface area contributed by atoms with Crippen LogP contribution < -0.4 is 14.8 Å². The van der Waals surface area contributed by atoms with Gasteiger partial charge in [0.1, 0.15) is 18.0 Å². The lowest BCUT2D eigenvalue weighted by Crippen LogP contribution is -2.37. The summed E-state index contributed by atoms with van der Waals surface area (Å²) in [4.78, 5) is 11.2. The van der Waals surface area contributed by atoms with Crippen LogP contribution >= 0.6 is 11.6 Å². The van der Waals surface area contributed by atoms with Crippen molar-refractivity contribution in [2.75, 3.05) is 58.0 Å². The van der Waals surface area contributed by atoms with Gasteiger partial charge in [-0.25, -0.2) is 14.4 Å². The maximum Gasteiger partial charge on any atom is 0.296 e. The van der Waals surface area contributed by atoms with E-state index in [1.807, 2.05) is 6.92 Å². The second kappa shape index (κ2) is 15.0. The van der Waals surface area contributed by atoms with Crippen LogP contribution in [0, 0.1) is 12.7 Å². The lowest BCUT2D eigenvalue weighted by atomic mass is 10.2. The van der Waals surface area contributed by atoms with E-state index in [1.54, 1.807) is 30.3 Å². The Morgan fingerprint density at radius 2 is 1.68 bits per heavy atom. The van der Waals surface area contributed by atoms with Crippen LogP contribution in [0.25, 0.3) is 10.9 Å². The minimum Gasteiger partial charge on any atom is -0.490 e. The number of benzene rings is 3. The quantitative estimate of drug-likeness (QED) is 0.135. The van der Waals surface area contributed by atoms with Crippen LogP contribution in [0.15, 0.2) is 65.8 Å². The predicted molar refractivity (Wildman–Crippen MR) is 166 cm³/mol. The number of aromatic nitrogens is 2. The van der Waals surface area contributed by atoms with Crippen molar-refractivity contribution in [3.63, 3.8) is 0 Å². The molecule has 4 aromatic rings. The summed E-state index contributed by atoms with van der Waals surface area (Å²) in [5, 5.41) is 3.82. The maximum absolute atomic E-state index is 13.7. The number of fused-ring (bicyclic) bond motifs is 1. The van der Waals surface area contributed by atoms with E-state index in [0.29, 0.717) is 46.9 Å². The molecule has 10 nitrogen and oxygen atoms in total. The van der Waals surface area contributed by atoms with Crippen molar-refractivity contribution in [1.82, 2.24) is 14.9 Å². The van der Waals surface area contributed by atoms with Gasteiger partial charge < -0.3 is 19.5 Å². The van der Waals surface area contributed by atoms with Crippen molar-refractivity contribution in [3.8, 4) is 11.5 Å². The van der Waals surface area contributed by atoms with Crippen LogP contribution in [-0.4, -0.2) is 76.0 Å². The highest BCUT2D eigenvalue weighted by Gasteiger charge is 2.17. The number of hydrogen-bond acceptors (Lipinski definition) is 10. The molecule has 1 N–H and O–H groups in total. The Balaban J connectivity index is 1.27. The largest absolute Gasteiger partial charge is 0.490 e. The molecule has 1 saturated heterocycles. The first-order valence-corrected chi connectivity index (χ1v) is 16.1. The number of aryl methyl sites for hydroxylation is 1. The van der Waals surface area contributed by atoms with Crippen LogP contribution in [0.1, 0.15) is 18.4 Å². The standard InChI is InChI=1S/C31H34ClFN4O6S/c1-22-4-7-24(8-5-22)44(38,39)43-15-3-14-42-30-20-28-25(19-29(30)41-13-2-10-37-11-16-40-17-12-37)31(35-21-34-28)36-23-6-9-27(33)26(32)18-23/h4-9,18-21H,2-3,10-17H2,1H3,(H,34,35,36). The monoisotopic (exact) mass is 644 g/mol. The predicted octanol–water partition coefficient (Wildman–Crippen LogP) is 5.75. The molecular formula is C31H34ClFN4O6S. The van der Waals surface area contributed by atoms with Crippen LogP contribution in [0.4, 0.5) is 15.9 Å². The molecule has 0 spiro atoms. The van der Waals surface area contributed by atoms with Gasteiger partial charge in [0.05, 0.1) is 48.5 Å². The first-order valence-electron chi connectivity index (χ1n) is 14.3. The third kappa shape index (κ3) is 8.54. The van der Waals surface area contributed by atoms with Crippen molar-refractivity contribution in [2.45, 2.75) is 24.7 Å². The number of hydrogen-bond donors (Lipinski definition) is 1. The average molecular weight is 645 g/mol. The molecule has 3 aromatic carbocycles. The molecule has 0 bridgehead atoms. The number of anilines is 2. The fourth-order valence-corrected chi connectivity index (χ4v) is 5.70. The first kappa shape index (κ1) is 31.9. The van der Waals surface area contributed by atoms with E-state index in [9.17, 15) is 12.8 Å². The van der Waals surface area contributed by atoms with Crippen LogP contribution in [-0.2, 0) is 19.0 Å². The Bertz CT molecular complexity index is 1670. The van der Waals surface area contributed by atoms with E-state index in [4.69, 9.17) is 30.0 Å². The van der Waals surface area contributed by atoms with E-state index in [1.165, 1.54) is 30.6 Å². The summed E-state index contributed by atoms with van der Waals surface area (Å²) >= 11 is 5.97. The minimum absolute atomic E-state index is 0.0102. The first-order chi connectivity index (χ1) is 21.3. The van der Waals surface area contributed by atoms with Crippen molar-refractivity contribution < 1.29 is 31.2 Å². The summed E-state index contributed by atoms with van der Waals surface area (Å²) in [5.41, 5.74) is 2.11. The van der Waals surface area contributed by atoms with E-state index < -0.39 is 15.9 Å². The highest BCUT2D eigenvalue weighted by molar-refractivity contribution is 7.86. The van der Waals surface area contributed by atoms with Gasteiger partial charge in [-0.3, -0.25) is 9.08 Å². The Morgan fingerprint density at radius 1 is 0.955 bits per heavy atom. The van der Waals surface area contributed by atoms with Gasteiger partial charge in [-0.2, -0.15) is 8.42 Å². The van der Waals surface area contributed by atoms with E-state index in [2.05, 4.69) is 20.2 Å². The van der Waals surface area contributed by atoms with Gasteiger partial charge in [-0.1, -0.05) is 29.3 Å². The second-order valence-electron chi connectivity index (χ2n) is 10.2. The fraction of sp³-hybridized carbons (Fsp3) is 0.355. The molecule has 1 aromatic heterocycles. The maximum atomic E-state index is 13.7. The molecule has 1 aliphatic heterocycles. The zero-order chi connectivity index (χ0) is 30.9. The summed E-state index contributed by atoms with van der Waals surface area (Å²) < 4.78 is 61.6. The van der Waals surface area contributed by atoms with Gasteiger partial charge in [0.25, 0.3) is 10.1 Å². The van der Waals surface area contributed by atoms with Gasteiger partial charge in [0.2, 0.25) is 0 Å². The summed E-state index contributed by atoms with van der Waals surface area (Å²) in [6.45, 7) is 6.59. The third-order valence-electron chi connectivity index (χ3n) is 6.96. The molecule has 0 atom stereocenters. The molecule has 0 amide bonds. The number of morpholine rings is 1. The van der Waals surface area contributed by atoms with E-state index >= 15 is 0 Å². The van der Waals surface area contributed by atoms with Gasteiger partial charge in [-0.15, -0.1) is 0 Å². The van der Waals surface area contributed by atoms with Gasteiger partial charge >= 0.3 is 0 Å². The Hall–Kier alpha value is -3.55. The topological polar surface area (TPSA) is 112 Å². The van der Waals surface area contributed by atoms with Gasteiger partial charge in [0, 0.05) is 43.2 Å². The lowest BCUT2D eigenvalue weighted by Gasteiger charge is -2.26. The van der Waals surface area contributed by atoms with Crippen molar-refractivity contribution in [2.24, 2.45) is 0 Å². The second-order valence-corrected chi connectivity index (χ2v) is 12.3. The normalized spacial score (nSPS) is 14.1. The zero-order valence-corrected chi connectivity index (χ0v) is 25.9. The molecule has 1 fully saturated rings. The molecule has 234 valence electrons. The summed E-state index contributed by atoms with van der Waals surface area (Å²) in [6, 6.07) is 14.4. The molecule has 0 aliphatic carbocycles. The molecule has 2 heterocycles. The highest BCUT2D eigenvalue weighted by atomic mass is 35.5. The smallest absolute Gasteiger partial charge is 0.296 e. The number of halogens is 2. The van der Waals surface area contributed by atoms with Crippen molar-refractivity contribution >= 4 is 44.1 Å². The van der Waals surface area contributed by atoms with Crippen LogP contribution in [0.2, 0.25) is 5.02 Å². The van der Waals surface area contributed by atoms with Gasteiger partial charge in [0.15, 0.2) is 11.5 Å². The van der Waals surface area contributed by atoms with Crippen LogP contribution in [0.3, 0.4) is 0 Å². The zero-order valence-electron chi connectivity index (χ0n) is 24.3. The molecular weight excluding hydrogens is 611 g/mol. The number of rotatable bonds is 14. The summed E-state index contributed by atoms with van der Waals surface area (Å²) in [5.74, 6) is 0.914. The number of ether oxygens (including phenoxy) is 3. The number of nitrogens with zero attached hydrogens (tertiary/aromatic N) is 3. The average Bonchev–Trinajstić information content (AvgIpc) is 3.02. The molecule has 0 radical (unpaired) electrons.